The number of hydrogen-bond acceptors (Lipinski definition) is 4. The Kier molecular flexibility index (Phi) is 6.28. The van der Waals surface area contributed by atoms with Gasteiger partial charge in [-0.15, -0.1) is 0 Å². The molecular formula is C21H21NO3S. The summed E-state index contributed by atoms with van der Waals surface area (Å²) in [4.78, 5) is 12.2. The molecular weight excluding hydrogens is 346 g/mol. The summed E-state index contributed by atoms with van der Waals surface area (Å²) in [7, 11) is 0. The molecule has 0 bridgehead atoms. The average Bonchev–Trinajstić information content (AvgIpc) is 3.17. The normalized spacial score (nSPS) is 10.3. The molecule has 0 spiro atoms. The van der Waals surface area contributed by atoms with Crippen LogP contribution in [0.4, 0.5) is 5.69 Å². The smallest absolute Gasteiger partial charge is 0.224 e. The first-order chi connectivity index (χ1) is 12.7. The summed E-state index contributed by atoms with van der Waals surface area (Å²) in [6.07, 6.45) is 1.17. The van der Waals surface area contributed by atoms with Crippen LogP contribution in [0.15, 0.2) is 65.4 Å². The topological polar surface area (TPSA) is 47.6 Å². The lowest BCUT2D eigenvalue weighted by atomic mass is 10.2. The first-order valence-corrected chi connectivity index (χ1v) is 9.49. The van der Waals surface area contributed by atoms with Gasteiger partial charge in [0.15, 0.2) is 5.75 Å². The molecule has 1 aromatic heterocycles. The third-order valence-corrected chi connectivity index (χ3v) is 4.48. The highest BCUT2D eigenvalue weighted by Crippen LogP contribution is 2.30. The number of hydrogen-bond donors (Lipinski definition) is 1. The molecule has 0 saturated carbocycles. The minimum atomic E-state index is -0.0288. The Morgan fingerprint density at radius 1 is 1.04 bits per heavy atom. The zero-order valence-electron chi connectivity index (χ0n) is 14.6. The zero-order chi connectivity index (χ0) is 18.2. The first kappa shape index (κ1) is 18.0. The third kappa shape index (κ3) is 5.10. The summed E-state index contributed by atoms with van der Waals surface area (Å²) < 4.78 is 11.4. The van der Waals surface area contributed by atoms with Crippen molar-refractivity contribution in [2.75, 3.05) is 11.9 Å². The van der Waals surface area contributed by atoms with Crippen LogP contribution in [-0.2, 0) is 11.2 Å². The molecule has 3 aromatic rings. The number of carbonyl (C=O) groups excluding carboxylic acids is 1. The molecule has 1 heterocycles. The van der Waals surface area contributed by atoms with E-state index >= 15 is 0 Å². The van der Waals surface area contributed by atoms with Gasteiger partial charge in [0.05, 0.1) is 12.3 Å². The van der Waals surface area contributed by atoms with Gasteiger partial charge in [-0.3, -0.25) is 4.79 Å². The lowest BCUT2D eigenvalue weighted by molar-refractivity contribution is -0.116. The van der Waals surface area contributed by atoms with Crippen LogP contribution in [0.3, 0.4) is 0 Å². The predicted molar refractivity (Wildman–Crippen MR) is 105 cm³/mol. The molecule has 3 rings (SSSR count). The van der Waals surface area contributed by atoms with Crippen molar-refractivity contribution in [3.05, 3.63) is 70.9 Å². The average molecular weight is 367 g/mol. The van der Waals surface area contributed by atoms with Gasteiger partial charge >= 0.3 is 0 Å². The van der Waals surface area contributed by atoms with Gasteiger partial charge in [-0.25, -0.2) is 0 Å². The van der Waals surface area contributed by atoms with Gasteiger partial charge in [0.25, 0.3) is 0 Å². The highest BCUT2D eigenvalue weighted by Gasteiger charge is 2.09. The van der Waals surface area contributed by atoms with E-state index in [0.717, 1.165) is 12.2 Å². The third-order valence-electron chi connectivity index (χ3n) is 3.74. The van der Waals surface area contributed by atoms with Crippen LogP contribution in [0.25, 0.3) is 0 Å². The number of thiophene rings is 1. The van der Waals surface area contributed by atoms with Crippen molar-refractivity contribution >= 4 is 22.9 Å². The summed E-state index contributed by atoms with van der Waals surface area (Å²) in [5.74, 6) is 2.07. The van der Waals surface area contributed by atoms with Crippen LogP contribution in [0, 0.1) is 0 Å². The molecule has 26 heavy (non-hydrogen) atoms. The molecule has 0 unspecified atom stereocenters. The molecule has 0 aliphatic heterocycles. The number of amides is 1. The van der Waals surface area contributed by atoms with E-state index < -0.39 is 0 Å². The van der Waals surface area contributed by atoms with Crippen molar-refractivity contribution in [1.29, 1.82) is 0 Å². The molecule has 0 aliphatic carbocycles. The minimum Gasteiger partial charge on any atom is -0.494 e. The maximum atomic E-state index is 12.2. The number of para-hydroxylation sites is 2. The summed E-state index contributed by atoms with van der Waals surface area (Å²) >= 11 is 1.64. The molecule has 0 radical (unpaired) electrons. The van der Waals surface area contributed by atoms with Crippen molar-refractivity contribution in [3.63, 3.8) is 0 Å². The summed E-state index contributed by atoms with van der Waals surface area (Å²) in [6, 6.07) is 16.9. The van der Waals surface area contributed by atoms with Crippen molar-refractivity contribution in [1.82, 2.24) is 0 Å². The minimum absolute atomic E-state index is 0.0288. The van der Waals surface area contributed by atoms with Crippen LogP contribution in [0.1, 0.15) is 18.9 Å². The van der Waals surface area contributed by atoms with E-state index in [4.69, 9.17) is 9.47 Å². The number of rotatable bonds is 8. The number of benzene rings is 2. The largest absolute Gasteiger partial charge is 0.494 e. The van der Waals surface area contributed by atoms with E-state index in [-0.39, 0.29) is 5.91 Å². The first-order valence-electron chi connectivity index (χ1n) is 8.55. The summed E-state index contributed by atoms with van der Waals surface area (Å²) in [5, 5.41) is 7.03. The number of anilines is 1. The van der Waals surface area contributed by atoms with Gasteiger partial charge < -0.3 is 14.8 Å². The van der Waals surface area contributed by atoms with Gasteiger partial charge in [0.2, 0.25) is 5.91 Å². The quantitative estimate of drug-likeness (QED) is 0.571. The van der Waals surface area contributed by atoms with Crippen LogP contribution in [0.5, 0.6) is 17.2 Å². The lowest BCUT2D eigenvalue weighted by Crippen LogP contribution is -2.12. The maximum absolute atomic E-state index is 12.2. The highest BCUT2D eigenvalue weighted by atomic mass is 32.1. The molecule has 0 fully saturated rings. The second-order valence-corrected chi connectivity index (χ2v) is 6.46. The lowest BCUT2D eigenvalue weighted by Gasteiger charge is -2.12. The molecule has 0 atom stereocenters. The molecule has 0 aliphatic rings. The maximum Gasteiger partial charge on any atom is 0.224 e. The molecule has 1 amide bonds. The van der Waals surface area contributed by atoms with Gasteiger partial charge in [-0.1, -0.05) is 12.1 Å². The Morgan fingerprint density at radius 2 is 1.81 bits per heavy atom. The van der Waals surface area contributed by atoms with E-state index in [9.17, 15) is 4.79 Å². The molecule has 4 nitrogen and oxygen atoms in total. The molecule has 134 valence electrons. The van der Waals surface area contributed by atoms with Gasteiger partial charge in [0, 0.05) is 6.42 Å². The van der Waals surface area contributed by atoms with E-state index in [1.165, 1.54) is 5.56 Å². The Hall–Kier alpha value is -2.79. The molecule has 0 saturated heterocycles. The van der Waals surface area contributed by atoms with Gasteiger partial charge in [-0.2, -0.15) is 11.3 Å². The Labute approximate surface area is 157 Å². The fourth-order valence-electron chi connectivity index (χ4n) is 2.46. The standard InChI is InChI=1S/C21H21NO3S/c1-2-24-17-8-10-18(11-9-17)25-20-6-4-3-5-19(20)22-21(23)12-7-16-13-14-26-15-16/h3-6,8-11,13-15H,2,7,12H2,1H3,(H,22,23). The fraction of sp³-hybridized carbons (Fsp3) is 0.190. The monoisotopic (exact) mass is 367 g/mol. The zero-order valence-corrected chi connectivity index (χ0v) is 15.4. The van der Waals surface area contributed by atoms with E-state index in [2.05, 4.69) is 10.7 Å². The van der Waals surface area contributed by atoms with Crippen LogP contribution >= 0.6 is 11.3 Å². The number of aryl methyl sites for hydroxylation is 1. The number of carbonyl (C=O) groups is 1. The molecule has 2 aromatic carbocycles. The van der Waals surface area contributed by atoms with Crippen LogP contribution in [-0.4, -0.2) is 12.5 Å². The van der Waals surface area contributed by atoms with Gasteiger partial charge in [-0.05, 0) is 72.1 Å². The van der Waals surface area contributed by atoms with E-state index in [0.29, 0.717) is 30.2 Å². The predicted octanol–water partition coefficient (Wildman–Crippen LogP) is 5.51. The second kappa shape index (κ2) is 9.06. The Bertz CT molecular complexity index is 829. The van der Waals surface area contributed by atoms with Crippen LogP contribution < -0.4 is 14.8 Å². The summed E-state index contributed by atoms with van der Waals surface area (Å²) in [5.41, 5.74) is 1.85. The fourth-order valence-corrected chi connectivity index (χ4v) is 3.17. The van der Waals surface area contributed by atoms with E-state index in [1.807, 2.05) is 66.9 Å². The van der Waals surface area contributed by atoms with Crippen molar-refractivity contribution < 1.29 is 14.3 Å². The van der Waals surface area contributed by atoms with Crippen molar-refractivity contribution in [2.45, 2.75) is 19.8 Å². The SMILES string of the molecule is CCOc1ccc(Oc2ccccc2NC(=O)CCc2ccsc2)cc1. The summed E-state index contributed by atoms with van der Waals surface area (Å²) in [6.45, 7) is 2.57. The highest BCUT2D eigenvalue weighted by molar-refractivity contribution is 7.07. The van der Waals surface area contributed by atoms with Crippen LogP contribution in [0.2, 0.25) is 0 Å². The second-order valence-electron chi connectivity index (χ2n) is 5.68. The Balaban J connectivity index is 1.62. The Morgan fingerprint density at radius 3 is 2.54 bits per heavy atom. The van der Waals surface area contributed by atoms with Crippen molar-refractivity contribution in [3.8, 4) is 17.2 Å². The molecule has 1 N–H and O–H groups in total. The molecule has 5 heteroatoms. The van der Waals surface area contributed by atoms with Gasteiger partial charge in [0.1, 0.15) is 11.5 Å². The number of ether oxygens (including phenoxy) is 2. The van der Waals surface area contributed by atoms with Crippen molar-refractivity contribution in [2.24, 2.45) is 0 Å². The van der Waals surface area contributed by atoms with E-state index in [1.54, 1.807) is 11.3 Å². The number of nitrogens with one attached hydrogen (secondary N) is 1.